The molecule has 1 aliphatic heterocycles. The molecule has 2 amide bonds. The number of amidine groups is 1. The highest BCUT2D eigenvalue weighted by molar-refractivity contribution is 8.18. The summed E-state index contributed by atoms with van der Waals surface area (Å²) in [5, 5.41) is 3.45. The number of aryl methyl sites for hydroxylation is 1. The molecule has 0 atom stereocenters. The highest BCUT2D eigenvalue weighted by Crippen LogP contribution is 2.34. The Labute approximate surface area is 203 Å². The van der Waals surface area contributed by atoms with Crippen LogP contribution in [0, 0.1) is 6.92 Å². The standard InChI is InChI=1S/C27H25N3O3S/c1-3-30-26(32)24(34-27(30)29-22-13-9-19(2)10-14-22)17-20-11-15-23(16-12-20)33-18-25(31)28-21-7-5-4-6-8-21/h4-17H,3,18H2,1-2H3,(H,28,31)/b24-17+,29-27?. The molecular formula is C27H25N3O3S. The lowest BCUT2D eigenvalue weighted by Crippen LogP contribution is -2.28. The van der Waals surface area contributed by atoms with Crippen LogP contribution in [0.1, 0.15) is 18.1 Å². The predicted octanol–water partition coefficient (Wildman–Crippen LogP) is 5.64. The first kappa shape index (κ1) is 23.3. The third-order valence-corrected chi connectivity index (χ3v) is 6.07. The number of nitrogens with zero attached hydrogens (tertiary/aromatic N) is 2. The number of benzene rings is 3. The number of thioether (sulfide) groups is 1. The van der Waals surface area contributed by atoms with Crippen molar-refractivity contribution in [2.45, 2.75) is 13.8 Å². The van der Waals surface area contributed by atoms with E-state index in [2.05, 4.69) is 10.3 Å². The first-order chi connectivity index (χ1) is 16.5. The van der Waals surface area contributed by atoms with E-state index >= 15 is 0 Å². The van der Waals surface area contributed by atoms with Crippen LogP contribution in [0.3, 0.4) is 0 Å². The third-order valence-electron chi connectivity index (χ3n) is 5.07. The predicted molar refractivity (Wildman–Crippen MR) is 138 cm³/mol. The second kappa shape index (κ2) is 10.9. The molecule has 0 bridgehead atoms. The van der Waals surface area contributed by atoms with E-state index in [-0.39, 0.29) is 18.4 Å². The Balaban J connectivity index is 1.40. The maximum atomic E-state index is 12.9. The van der Waals surface area contributed by atoms with Gasteiger partial charge < -0.3 is 10.1 Å². The average molecular weight is 472 g/mol. The summed E-state index contributed by atoms with van der Waals surface area (Å²) in [6, 6.07) is 24.4. The second-order valence-electron chi connectivity index (χ2n) is 7.66. The molecule has 0 spiro atoms. The Hall–Kier alpha value is -3.84. The minimum absolute atomic E-state index is 0.0590. The van der Waals surface area contributed by atoms with E-state index in [1.807, 2.05) is 86.7 Å². The molecule has 7 heteroatoms. The van der Waals surface area contributed by atoms with Crippen LogP contribution in [-0.4, -0.2) is 35.0 Å². The van der Waals surface area contributed by atoms with Crippen molar-refractivity contribution in [3.05, 3.63) is 94.9 Å². The van der Waals surface area contributed by atoms with Crippen LogP contribution in [0.5, 0.6) is 5.75 Å². The van der Waals surface area contributed by atoms with Crippen LogP contribution >= 0.6 is 11.8 Å². The molecule has 34 heavy (non-hydrogen) atoms. The van der Waals surface area contributed by atoms with E-state index in [1.165, 1.54) is 11.8 Å². The number of carbonyl (C=O) groups excluding carboxylic acids is 2. The van der Waals surface area contributed by atoms with Gasteiger partial charge in [-0.3, -0.25) is 14.5 Å². The molecule has 1 saturated heterocycles. The average Bonchev–Trinajstić information content (AvgIpc) is 3.14. The summed E-state index contributed by atoms with van der Waals surface area (Å²) in [5.74, 6) is 0.286. The lowest BCUT2D eigenvalue weighted by atomic mass is 10.2. The highest BCUT2D eigenvalue weighted by Gasteiger charge is 2.32. The first-order valence-corrected chi connectivity index (χ1v) is 11.8. The van der Waals surface area contributed by atoms with E-state index in [0.717, 1.165) is 22.5 Å². The van der Waals surface area contributed by atoms with Crippen LogP contribution in [0.25, 0.3) is 6.08 Å². The molecule has 1 heterocycles. The van der Waals surface area contributed by atoms with Gasteiger partial charge in [0.1, 0.15) is 5.75 Å². The van der Waals surface area contributed by atoms with Gasteiger partial charge in [0.05, 0.1) is 10.6 Å². The number of hydrogen-bond acceptors (Lipinski definition) is 5. The van der Waals surface area contributed by atoms with Crippen LogP contribution in [0.15, 0.2) is 88.8 Å². The molecule has 0 unspecified atom stereocenters. The van der Waals surface area contributed by atoms with E-state index < -0.39 is 0 Å². The number of amides is 2. The maximum Gasteiger partial charge on any atom is 0.266 e. The molecule has 1 fully saturated rings. The summed E-state index contributed by atoms with van der Waals surface area (Å²) < 4.78 is 5.58. The minimum Gasteiger partial charge on any atom is -0.484 e. The van der Waals surface area contributed by atoms with Gasteiger partial charge >= 0.3 is 0 Å². The zero-order valence-corrected chi connectivity index (χ0v) is 19.8. The summed E-state index contributed by atoms with van der Waals surface area (Å²) in [4.78, 5) is 31.9. The molecule has 3 aromatic carbocycles. The van der Waals surface area contributed by atoms with Crippen molar-refractivity contribution in [3.63, 3.8) is 0 Å². The van der Waals surface area contributed by atoms with Gasteiger partial charge in [0.15, 0.2) is 11.8 Å². The number of para-hydroxylation sites is 1. The first-order valence-electron chi connectivity index (χ1n) is 11.0. The topological polar surface area (TPSA) is 71.0 Å². The van der Waals surface area contributed by atoms with E-state index in [4.69, 9.17) is 4.74 Å². The van der Waals surface area contributed by atoms with Crippen molar-refractivity contribution in [2.75, 3.05) is 18.5 Å². The largest absolute Gasteiger partial charge is 0.484 e. The molecule has 6 nitrogen and oxygen atoms in total. The van der Waals surface area contributed by atoms with Crippen molar-refractivity contribution >= 4 is 46.2 Å². The number of aliphatic imine (C=N–C) groups is 1. The van der Waals surface area contributed by atoms with Crippen molar-refractivity contribution in [2.24, 2.45) is 4.99 Å². The molecular weight excluding hydrogens is 446 g/mol. The number of ether oxygens (including phenoxy) is 1. The lowest BCUT2D eigenvalue weighted by Gasteiger charge is -2.12. The number of anilines is 1. The van der Waals surface area contributed by atoms with Gasteiger partial charge in [-0.15, -0.1) is 0 Å². The smallest absolute Gasteiger partial charge is 0.266 e. The second-order valence-corrected chi connectivity index (χ2v) is 8.67. The van der Waals surface area contributed by atoms with Gasteiger partial charge in [-0.1, -0.05) is 48.0 Å². The van der Waals surface area contributed by atoms with Crippen molar-refractivity contribution in [1.29, 1.82) is 0 Å². The minimum atomic E-state index is -0.231. The number of nitrogens with one attached hydrogen (secondary N) is 1. The van der Waals surface area contributed by atoms with Gasteiger partial charge in [-0.05, 0) is 73.6 Å². The van der Waals surface area contributed by atoms with E-state index in [1.54, 1.807) is 17.0 Å². The lowest BCUT2D eigenvalue weighted by molar-refractivity contribution is -0.122. The monoisotopic (exact) mass is 471 g/mol. The molecule has 1 N–H and O–H groups in total. The van der Waals surface area contributed by atoms with Gasteiger partial charge in [-0.2, -0.15) is 0 Å². The molecule has 172 valence electrons. The van der Waals surface area contributed by atoms with Crippen LogP contribution in [0.4, 0.5) is 11.4 Å². The van der Waals surface area contributed by atoms with Crippen LogP contribution in [-0.2, 0) is 9.59 Å². The third kappa shape index (κ3) is 5.94. The summed E-state index contributed by atoms with van der Waals surface area (Å²) in [5.41, 5.74) is 3.57. The number of likely N-dealkylation sites (N-methyl/N-ethyl adjacent to an activating group) is 1. The van der Waals surface area contributed by atoms with E-state index in [9.17, 15) is 9.59 Å². The van der Waals surface area contributed by atoms with Gasteiger partial charge in [0, 0.05) is 12.2 Å². The molecule has 3 aromatic rings. The van der Waals surface area contributed by atoms with Crippen LogP contribution in [0.2, 0.25) is 0 Å². The molecule has 1 aliphatic rings. The number of hydrogen-bond donors (Lipinski definition) is 1. The Morgan fingerprint density at radius 3 is 2.41 bits per heavy atom. The Kier molecular flexibility index (Phi) is 7.44. The fraction of sp³-hybridized carbons (Fsp3) is 0.148. The highest BCUT2D eigenvalue weighted by atomic mass is 32.2. The van der Waals surface area contributed by atoms with Gasteiger partial charge in [0.25, 0.3) is 11.8 Å². The van der Waals surface area contributed by atoms with E-state index in [0.29, 0.717) is 22.4 Å². The Morgan fingerprint density at radius 1 is 1.03 bits per heavy atom. The quantitative estimate of drug-likeness (QED) is 0.453. The van der Waals surface area contributed by atoms with Gasteiger partial charge in [-0.25, -0.2) is 4.99 Å². The summed E-state index contributed by atoms with van der Waals surface area (Å²) in [7, 11) is 0. The maximum absolute atomic E-state index is 12.9. The number of carbonyl (C=O) groups is 2. The Bertz CT molecular complexity index is 1220. The van der Waals surface area contributed by atoms with Crippen molar-refractivity contribution in [3.8, 4) is 5.75 Å². The Morgan fingerprint density at radius 2 is 1.74 bits per heavy atom. The van der Waals surface area contributed by atoms with Crippen molar-refractivity contribution in [1.82, 2.24) is 4.90 Å². The summed E-state index contributed by atoms with van der Waals surface area (Å²) in [6.07, 6.45) is 1.85. The zero-order valence-electron chi connectivity index (χ0n) is 19.0. The fourth-order valence-electron chi connectivity index (χ4n) is 3.28. The normalized spacial score (nSPS) is 15.7. The molecule has 0 aromatic heterocycles. The molecule has 4 rings (SSSR count). The molecule has 0 aliphatic carbocycles. The fourth-order valence-corrected chi connectivity index (χ4v) is 4.34. The SMILES string of the molecule is CCN1C(=O)/C(=C\c2ccc(OCC(=O)Nc3ccccc3)cc2)SC1=Nc1ccc(C)cc1. The van der Waals surface area contributed by atoms with Crippen LogP contribution < -0.4 is 10.1 Å². The van der Waals surface area contributed by atoms with Crippen molar-refractivity contribution < 1.29 is 14.3 Å². The number of rotatable bonds is 7. The summed E-state index contributed by atoms with van der Waals surface area (Å²) in [6.45, 7) is 4.42. The van der Waals surface area contributed by atoms with Gasteiger partial charge in [0.2, 0.25) is 0 Å². The summed E-state index contributed by atoms with van der Waals surface area (Å²) >= 11 is 1.37. The zero-order chi connectivity index (χ0) is 23.9. The molecule has 0 saturated carbocycles. The molecule has 0 radical (unpaired) electrons.